The molecule has 1 aliphatic heterocycles. The maximum Gasteiger partial charge on any atom is 0.285 e. The van der Waals surface area contributed by atoms with E-state index in [1.54, 1.807) is 49.5 Å². The molecule has 1 aromatic heterocycles. The highest BCUT2D eigenvalue weighted by molar-refractivity contribution is 8.17. The first-order valence-corrected chi connectivity index (χ1v) is 9.67. The number of para-hydroxylation sites is 1. The summed E-state index contributed by atoms with van der Waals surface area (Å²) in [5, 5.41) is 2.32. The maximum atomic E-state index is 12.4. The molecule has 2 amide bonds. The number of nitrogens with one attached hydrogen (secondary N) is 1. The third-order valence-electron chi connectivity index (χ3n) is 4.71. The lowest BCUT2D eigenvalue weighted by Gasteiger charge is -2.19. The molecule has 3 aromatic rings. The lowest BCUT2D eigenvalue weighted by Crippen LogP contribution is -2.38. The fraction of sp³-hybridized carbons (Fsp3) is 0.200. The average molecular weight is 405 g/mol. The van der Waals surface area contributed by atoms with Gasteiger partial charge in [0.15, 0.2) is 0 Å². The molecule has 0 saturated carbocycles. The number of imide groups is 1. The maximum absolute atomic E-state index is 12.4. The fourth-order valence-electron chi connectivity index (χ4n) is 3.10. The van der Waals surface area contributed by atoms with Crippen LogP contribution in [0.4, 0.5) is 4.79 Å². The Hall–Kier alpha value is -3.07. The van der Waals surface area contributed by atoms with Crippen molar-refractivity contribution in [3.05, 3.63) is 70.3 Å². The number of hydrogen-bond donors (Lipinski definition) is 1. The molecule has 7 nitrogen and oxygen atoms in total. The number of aromatic nitrogens is 2. The van der Waals surface area contributed by atoms with Crippen molar-refractivity contribution in [2.75, 3.05) is 0 Å². The van der Waals surface area contributed by atoms with Gasteiger partial charge in [-0.15, -0.1) is 0 Å². The van der Waals surface area contributed by atoms with Gasteiger partial charge in [-0.2, -0.15) is 0 Å². The van der Waals surface area contributed by atoms with Crippen LogP contribution in [0.2, 0.25) is 0 Å². The van der Waals surface area contributed by atoms with Crippen LogP contribution in [-0.2, 0) is 24.9 Å². The lowest BCUT2D eigenvalue weighted by atomic mass is 9.80. The molecule has 0 spiro atoms. The number of nitrogens with zero attached hydrogens (tertiary/aromatic N) is 2. The predicted molar refractivity (Wildman–Crippen MR) is 111 cm³/mol. The average Bonchev–Trinajstić information content (AvgIpc) is 2.96. The van der Waals surface area contributed by atoms with E-state index in [0.717, 1.165) is 17.3 Å². The minimum Gasteiger partial charge on any atom is -0.486 e. The Morgan fingerprint density at radius 3 is 2.55 bits per heavy atom. The van der Waals surface area contributed by atoms with Crippen molar-refractivity contribution in [3.8, 4) is 5.75 Å². The Morgan fingerprint density at radius 1 is 1.14 bits per heavy atom. The van der Waals surface area contributed by atoms with Crippen LogP contribution in [0.1, 0.15) is 11.4 Å². The summed E-state index contributed by atoms with van der Waals surface area (Å²) in [6.07, 6.45) is 0.219. The van der Waals surface area contributed by atoms with E-state index in [1.807, 2.05) is 6.07 Å². The molecule has 0 unspecified atom stereocenters. The van der Waals surface area contributed by atoms with Gasteiger partial charge in [0.05, 0.1) is 15.5 Å². The smallest absolute Gasteiger partial charge is 0.285 e. The van der Waals surface area contributed by atoms with E-state index in [2.05, 4.69) is 10.3 Å². The first-order chi connectivity index (χ1) is 13.9. The van der Waals surface area contributed by atoms with Gasteiger partial charge < -0.3 is 4.74 Å². The van der Waals surface area contributed by atoms with E-state index < -0.39 is 15.8 Å². The monoisotopic (exact) mass is 405 g/mol. The van der Waals surface area contributed by atoms with Gasteiger partial charge >= 0.3 is 0 Å². The minimum absolute atomic E-state index is 0.125. The van der Waals surface area contributed by atoms with Crippen molar-refractivity contribution in [2.45, 2.75) is 17.7 Å². The third-order valence-corrected chi connectivity index (χ3v) is 5.69. The summed E-state index contributed by atoms with van der Waals surface area (Å²) in [6, 6.07) is 14.2. The number of ether oxygens (including phenoxy) is 1. The normalized spacial score (nSPS) is 18.8. The zero-order chi connectivity index (χ0) is 20.6. The van der Waals surface area contributed by atoms with Gasteiger partial charge in [-0.1, -0.05) is 36.0 Å². The first kappa shape index (κ1) is 19.3. The number of thioether (sulfide) groups is 1. The number of rotatable bonds is 5. The Bertz CT molecular complexity index is 1180. The Balaban J connectivity index is 1.47. The van der Waals surface area contributed by atoms with Gasteiger partial charge in [-0.3, -0.25) is 24.3 Å². The highest BCUT2D eigenvalue weighted by Crippen LogP contribution is 2.32. The summed E-state index contributed by atoms with van der Waals surface area (Å²) in [5.74, 6) is 0.606. The standard InChI is InChI=1S/C20H16BN3O4S/c1-24-16(22-15-5-3-2-4-14(15)17(24)25)11-28-13-8-6-12(7-9-13)10-20(21)18(26)23-19(27)29-20/h2-9H,10-11H2,1H3,(H,23,26,27)/t20-/m1/s1. The molecule has 1 atom stereocenters. The van der Waals surface area contributed by atoms with Gasteiger partial charge in [0.25, 0.3) is 10.8 Å². The van der Waals surface area contributed by atoms with Gasteiger partial charge in [0.1, 0.15) is 26.0 Å². The summed E-state index contributed by atoms with van der Waals surface area (Å²) in [4.78, 5) is 40.2. The number of amides is 2. The third kappa shape index (κ3) is 3.78. The molecule has 1 saturated heterocycles. The topological polar surface area (TPSA) is 90.3 Å². The Morgan fingerprint density at radius 2 is 1.86 bits per heavy atom. The predicted octanol–water partition coefficient (Wildman–Crippen LogP) is 1.90. The summed E-state index contributed by atoms with van der Waals surface area (Å²) in [6.45, 7) is 0.128. The second-order valence-corrected chi connectivity index (χ2v) is 8.06. The molecule has 2 heterocycles. The van der Waals surface area contributed by atoms with E-state index in [4.69, 9.17) is 12.6 Å². The van der Waals surface area contributed by atoms with Crippen LogP contribution in [-0.4, -0.2) is 33.2 Å². The van der Waals surface area contributed by atoms with Crippen molar-refractivity contribution >= 4 is 41.7 Å². The second-order valence-electron chi connectivity index (χ2n) is 6.75. The van der Waals surface area contributed by atoms with Crippen molar-refractivity contribution in [3.63, 3.8) is 0 Å². The van der Waals surface area contributed by atoms with Gasteiger partial charge in [-0.05, 0) is 36.2 Å². The number of carbonyl (C=O) groups is 2. The molecule has 29 heavy (non-hydrogen) atoms. The molecule has 1 N–H and O–H groups in total. The van der Waals surface area contributed by atoms with E-state index in [1.165, 1.54) is 4.57 Å². The zero-order valence-corrected chi connectivity index (χ0v) is 16.4. The molecular formula is C20H16BN3O4S. The highest BCUT2D eigenvalue weighted by atomic mass is 32.2. The molecule has 0 aliphatic carbocycles. The largest absolute Gasteiger partial charge is 0.486 e. The molecule has 2 aromatic carbocycles. The summed E-state index contributed by atoms with van der Waals surface area (Å²) >= 11 is 0.793. The van der Waals surface area contributed by atoms with E-state index >= 15 is 0 Å². The molecule has 0 bridgehead atoms. The van der Waals surface area contributed by atoms with Crippen molar-refractivity contribution in [1.29, 1.82) is 0 Å². The fourth-order valence-corrected chi connectivity index (χ4v) is 3.96. The number of fused-ring (bicyclic) bond motifs is 1. The summed E-state index contributed by atoms with van der Waals surface area (Å²) < 4.78 is 5.95. The van der Waals surface area contributed by atoms with Gasteiger partial charge in [-0.25, -0.2) is 4.98 Å². The first-order valence-electron chi connectivity index (χ1n) is 8.85. The Kier molecular flexibility index (Phi) is 4.91. The van der Waals surface area contributed by atoms with E-state index in [-0.39, 0.29) is 18.6 Å². The lowest BCUT2D eigenvalue weighted by molar-refractivity contribution is -0.119. The molecule has 1 aliphatic rings. The molecule has 2 radical (unpaired) electrons. The van der Waals surface area contributed by atoms with E-state index in [0.29, 0.717) is 22.5 Å². The second kappa shape index (κ2) is 7.40. The Labute approximate surface area is 171 Å². The van der Waals surface area contributed by atoms with Crippen molar-refractivity contribution in [1.82, 2.24) is 14.9 Å². The molecule has 9 heteroatoms. The van der Waals surface area contributed by atoms with Crippen LogP contribution < -0.4 is 15.6 Å². The van der Waals surface area contributed by atoms with Gasteiger partial charge in [0.2, 0.25) is 5.91 Å². The minimum atomic E-state index is -1.30. The van der Waals surface area contributed by atoms with Gasteiger partial charge in [0, 0.05) is 7.05 Å². The number of carbonyl (C=O) groups excluding carboxylic acids is 2. The quantitative estimate of drug-likeness (QED) is 0.653. The number of benzene rings is 2. The van der Waals surface area contributed by atoms with Crippen LogP contribution in [0.15, 0.2) is 53.3 Å². The van der Waals surface area contributed by atoms with Crippen LogP contribution in [0, 0.1) is 0 Å². The zero-order valence-electron chi connectivity index (χ0n) is 15.5. The van der Waals surface area contributed by atoms with Crippen LogP contribution in [0.25, 0.3) is 10.9 Å². The molecule has 1 fully saturated rings. The van der Waals surface area contributed by atoms with E-state index in [9.17, 15) is 14.4 Å². The molecule has 144 valence electrons. The highest BCUT2D eigenvalue weighted by Gasteiger charge is 2.42. The molecule has 4 rings (SSSR count). The molecular weight excluding hydrogens is 389 g/mol. The summed E-state index contributed by atoms with van der Waals surface area (Å²) in [5.41, 5.74) is 1.30. The SMILES string of the molecule is [B][C@]1(Cc2ccc(OCc3nc4ccccc4c(=O)n3C)cc2)SC(=O)NC1=O. The van der Waals surface area contributed by atoms with Crippen LogP contribution in [0.3, 0.4) is 0 Å². The number of hydrogen-bond acceptors (Lipinski definition) is 6. The van der Waals surface area contributed by atoms with Crippen molar-refractivity contribution in [2.24, 2.45) is 7.05 Å². The van der Waals surface area contributed by atoms with Crippen LogP contribution >= 0.6 is 11.8 Å². The summed E-state index contributed by atoms with van der Waals surface area (Å²) in [7, 11) is 7.69. The van der Waals surface area contributed by atoms with Crippen molar-refractivity contribution < 1.29 is 14.3 Å². The van der Waals surface area contributed by atoms with Crippen LogP contribution in [0.5, 0.6) is 5.75 Å².